The van der Waals surface area contributed by atoms with E-state index < -0.39 is 18.5 Å². The minimum absolute atomic E-state index is 0.00773. The zero-order valence-corrected chi connectivity index (χ0v) is 17.2. The second kappa shape index (κ2) is 13.8. The summed E-state index contributed by atoms with van der Waals surface area (Å²) < 4.78 is 12.4. The molecule has 29 heavy (non-hydrogen) atoms. The van der Waals surface area contributed by atoms with Crippen LogP contribution in [0.2, 0.25) is 0 Å². The number of halogens is 1. The van der Waals surface area contributed by atoms with Crippen LogP contribution in [0.15, 0.2) is 52.7 Å². The predicted octanol–water partition coefficient (Wildman–Crippen LogP) is 2.64. The minimum Gasteiger partial charge on any atom is -0.355 e. The lowest BCUT2D eigenvalue weighted by molar-refractivity contribution is -0.121. The van der Waals surface area contributed by atoms with Crippen LogP contribution in [0.25, 0.3) is 0 Å². The quantitative estimate of drug-likeness (QED) is 0.178. The van der Waals surface area contributed by atoms with Gasteiger partial charge < -0.3 is 10.2 Å². The molecule has 0 saturated heterocycles. The Bertz CT molecular complexity index is 786. The summed E-state index contributed by atoms with van der Waals surface area (Å²) in [4.78, 5) is 41.8. The Morgan fingerprint density at radius 1 is 1.38 bits per heavy atom. The van der Waals surface area contributed by atoms with Crippen LogP contribution in [0, 0.1) is 17.2 Å². The Morgan fingerprint density at radius 3 is 2.48 bits per heavy atom. The van der Waals surface area contributed by atoms with Crippen molar-refractivity contribution < 1.29 is 18.8 Å². The van der Waals surface area contributed by atoms with E-state index in [0.29, 0.717) is 17.7 Å². The number of amides is 2. The number of alkyl halides is 1. The Balaban J connectivity index is 6.46. The number of likely N-dealkylation sites (N-methyl/N-ethyl adjacent to an activating group) is 1. The van der Waals surface area contributed by atoms with Gasteiger partial charge in [-0.05, 0) is 30.6 Å². The van der Waals surface area contributed by atoms with Crippen molar-refractivity contribution in [2.45, 2.75) is 27.2 Å². The van der Waals surface area contributed by atoms with E-state index in [1.54, 1.807) is 20.8 Å². The number of nitrogens with one attached hydrogen (secondary N) is 1. The summed E-state index contributed by atoms with van der Waals surface area (Å²) in [6.07, 6.45) is 5.95. The normalized spacial score (nSPS) is 13.0. The molecule has 0 aliphatic carbocycles. The molecule has 0 aromatic heterocycles. The van der Waals surface area contributed by atoms with E-state index in [0.717, 1.165) is 11.0 Å². The van der Waals surface area contributed by atoms with Gasteiger partial charge in [-0.2, -0.15) is 5.26 Å². The van der Waals surface area contributed by atoms with Crippen LogP contribution >= 0.6 is 0 Å². The van der Waals surface area contributed by atoms with Crippen LogP contribution < -0.4 is 5.32 Å². The zero-order chi connectivity index (χ0) is 22.4. The molecule has 0 aliphatic heterocycles. The zero-order valence-electron chi connectivity index (χ0n) is 17.2. The van der Waals surface area contributed by atoms with Crippen molar-refractivity contribution in [2.75, 3.05) is 20.4 Å². The van der Waals surface area contributed by atoms with Crippen LogP contribution in [0.1, 0.15) is 27.2 Å². The molecular weight excluding hydrogens is 375 g/mol. The second-order valence-electron chi connectivity index (χ2n) is 6.20. The Kier molecular flexibility index (Phi) is 12.2. The summed E-state index contributed by atoms with van der Waals surface area (Å²) in [6, 6.07) is 1.88. The molecular formula is C21H27FN4O3. The smallest absolute Gasteiger partial charge is 0.249 e. The van der Waals surface area contributed by atoms with Crippen molar-refractivity contribution in [3.8, 4) is 6.07 Å². The molecule has 7 nitrogen and oxygen atoms in total. The molecule has 2 amide bonds. The molecule has 0 fully saturated rings. The van der Waals surface area contributed by atoms with Crippen LogP contribution in [0.4, 0.5) is 4.39 Å². The van der Waals surface area contributed by atoms with E-state index in [4.69, 9.17) is 5.26 Å². The Labute approximate surface area is 171 Å². The molecule has 0 spiro atoms. The number of rotatable bonds is 12. The Hall–Kier alpha value is -3.34. The van der Waals surface area contributed by atoms with Gasteiger partial charge in [0.05, 0.1) is 19.0 Å². The first-order valence-electron chi connectivity index (χ1n) is 8.93. The molecule has 1 N–H and O–H groups in total. The summed E-state index contributed by atoms with van der Waals surface area (Å²) in [5.74, 6) is -1.45. The van der Waals surface area contributed by atoms with Crippen molar-refractivity contribution in [2.24, 2.45) is 10.9 Å². The number of nitriles is 1. The molecule has 0 unspecified atom stereocenters. The molecule has 156 valence electrons. The van der Waals surface area contributed by atoms with Gasteiger partial charge in [0.15, 0.2) is 6.80 Å². The number of hydrogen-bond donors (Lipinski definition) is 1. The molecule has 0 aliphatic rings. The molecule has 0 bridgehead atoms. The summed E-state index contributed by atoms with van der Waals surface area (Å²) in [6.45, 7) is 7.74. The van der Waals surface area contributed by atoms with Gasteiger partial charge in [-0.3, -0.25) is 19.4 Å². The summed E-state index contributed by atoms with van der Waals surface area (Å²) in [5, 5.41) is 11.1. The van der Waals surface area contributed by atoms with Crippen molar-refractivity contribution in [1.29, 1.82) is 5.26 Å². The van der Waals surface area contributed by atoms with Gasteiger partial charge in [0, 0.05) is 18.3 Å². The number of allylic oxidation sites excluding steroid dienone is 3. The van der Waals surface area contributed by atoms with E-state index >= 15 is 0 Å². The third-order valence-corrected chi connectivity index (χ3v) is 3.75. The Morgan fingerprint density at radius 2 is 2.03 bits per heavy atom. The van der Waals surface area contributed by atoms with Gasteiger partial charge in [0.25, 0.3) is 0 Å². The standard InChI is InChI=1S/C21H27FN4O3/c1-6-17(11-16(4)25-13-22)12-26(14-27)20(18(28)9-7-8-10-23)19(15(2)3)21(29)24-5/h6-7,9,11,14-15H,1,8,12-13H2,2-5H3,(H,24,29)/b9-7+,17-11+,20-19-,25-16-. The number of carbonyl (C=O) groups is 3. The monoisotopic (exact) mass is 402 g/mol. The summed E-state index contributed by atoms with van der Waals surface area (Å²) in [5.41, 5.74) is 0.910. The maximum absolute atomic E-state index is 12.8. The van der Waals surface area contributed by atoms with E-state index in [1.165, 1.54) is 25.3 Å². The van der Waals surface area contributed by atoms with Gasteiger partial charge in [0.2, 0.25) is 18.1 Å². The van der Waals surface area contributed by atoms with Crippen molar-refractivity contribution in [3.63, 3.8) is 0 Å². The maximum Gasteiger partial charge on any atom is 0.249 e. The first-order valence-corrected chi connectivity index (χ1v) is 8.93. The van der Waals surface area contributed by atoms with E-state index in [2.05, 4.69) is 16.9 Å². The summed E-state index contributed by atoms with van der Waals surface area (Å²) in [7, 11) is 1.43. The number of aliphatic imine (C=N–C) groups is 1. The number of hydrogen-bond acceptors (Lipinski definition) is 5. The highest BCUT2D eigenvalue weighted by Crippen LogP contribution is 2.21. The molecule has 8 heteroatoms. The fraction of sp³-hybridized carbons (Fsp3) is 0.381. The molecule has 0 radical (unpaired) electrons. The lowest BCUT2D eigenvalue weighted by Crippen LogP contribution is -2.34. The average molecular weight is 402 g/mol. The molecule has 0 aromatic rings. The third-order valence-electron chi connectivity index (χ3n) is 3.75. The third kappa shape index (κ3) is 8.47. The van der Waals surface area contributed by atoms with E-state index in [-0.39, 0.29) is 30.2 Å². The van der Waals surface area contributed by atoms with E-state index in [1.807, 2.05) is 6.07 Å². The fourth-order valence-corrected chi connectivity index (χ4v) is 2.45. The van der Waals surface area contributed by atoms with Crippen LogP contribution in [0.3, 0.4) is 0 Å². The van der Waals surface area contributed by atoms with Crippen LogP contribution in [0.5, 0.6) is 0 Å². The van der Waals surface area contributed by atoms with Crippen molar-refractivity contribution >= 4 is 23.8 Å². The first kappa shape index (κ1) is 25.7. The highest BCUT2D eigenvalue weighted by molar-refractivity contribution is 6.11. The minimum atomic E-state index is -0.883. The SMILES string of the molecule is C=C/C(=C\C(C)=N/CF)CN(C=O)/C(C(=O)/C=C/CC#N)=C(\C(=O)NC)C(C)C. The van der Waals surface area contributed by atoms with Crippen LogP contribution in [-0.4, -0.2) is 49.1 Å². The highest BCUT2D eigenvalue weighted by atomic mass is 19.1. The second-order valence-corrected chi connectivity index (χ2v) is 6.20. The molecule has 0 aromatic carbocycles. The highest BCUT2D eigenvalue weighted by Gasteiger charge is 2.26. The summed E-state index contributed by atoms with van der Waals surface area (Å²) >= 11 is 0. The lowest BCUT2D eigenvalue weighted by Gasteiger charge is -2.24. The molecule has 0 saturated carbocycles. The molecule has 0 rings (SSSR count). The lowest BCUT2D eigenvalue weighted by atomic mass is 9.96. The molecule has 0 atom stereocenters. The number of ketones is 1. The first-order chi connectivity index (χ1) is 13.8. The van der Waals surface area contributed by atoms with Gasteiger partial charge in [0.1, 0.15) is 5.70 Å². The van der Waals surface area contributed by atoms with Gasteiger partial charge >= 0.3 is 0 Å². The molecule has 0 heterocycles. The number of nitrogens with zero attached hydrogens (tertiary/aromatic N) is 3. The van der Waals surface area contributed by atoms with Gasteiger partial charge in [-0.15, -0.1) is 0 Å². The van der Waals surface area contributed by atoms with Gasteiger partial charge in [-0.1, -0.05) is 32.6 Å². The van der Waals surface area contributed by atoms with Crippen molar-refractivity contribution in [1.82, 2.24) is 10.2 Å². The van der Waals surface area contributed by atoms with Gasteiger partial charge in [-0.25, -0.2) is 4.39 Å². The average Bonchev–Trinajstić information content (AvgIpc) is 2.68. The topological polar surface area (TPSA) is 103 Å². The number of carbonyl (C=O) groups excluding carboxylic acids is 3. The predicted molar refractivity (Wildman–Crippen MR) is 110 cm³/mol. The van der Waals surface area contributed by atoms with E-state index in [9.17, 15) is 18.8 Å². The fourth-order valence-electron chi connectivity index (χ4n) is 2.45. The maximum atomic E-state index is 12.8. The largest absolute Gasteiger partial charge is 0.355 e. The van der Waals surface area contributed by atoms with Crippen LogP contribution in [-0.2, 0) is 14.4 Å². The van der Waals surface area contributed by atoms with Crippen molar-refractivity contribution in [3.05, 3.63) is 47.7 Å².